The predicted molar refractivity (Wildman–Crippen MR) is 139 cm³/mol. The molecule has 3 heterocycles. The molecule has 36 heavy (non-hydrogen) atoms. The van der Waals surface area contributed by atoms with Gasteiger partial charge in [-0.2, -0.15) is 11.3 Å². The molecule has 1 aliphatic rings. The average Bonchev–Trinajstić information content (AvgIpc) is 3.41. The smallest absolute Gasteiger partial charge is 0.248 e. The molecule has 1 amide bonds. The number of carbonyl (C=O) groups excluding carboxylic acids is 2. The molecule has 2 unspecified atom stereocenters. The highest BCUT2D eigenvalue weighted by Gasteiger charge is 2.53. The van der Waals surface area contributed by atoms with Crippen molar-refractivity contribution in [3.63, 3.8) is 0 Å². The first-order chi connectivity index (χ1) is 17.3. The zero-order chi connectivity index (χ0) is 25.4. The van der Waals surface area contributed by atoms with Crippen LogP contribution in [0.2, 0.25) is 5.02 Å². The molecule has 182 valence electrons. The quantitative estimate of drug-likeness (QED) is 0.224. The van der Waals surface area contributed by atoms with Crippen molar-refractivity contribution in [1.29, 1.82) is 0 Å². The van der Waals surface area contributed by atoms with Crippen LogP contribution in [0.3, 0.4) is 0 Å². The number of thiophene rings is 1. The van der Waals surface area contributed by atoms with Crippen LogP contribution in [0, 0.1) is 11.6 Å². The summed E-state index contributed by atoms with van der Waals surface area (Å²) < 4.78 is 28.3. The van der Waals surface area contributed by atoms with Gasteiger partial charge in [0.2, 0.25) is 5.91 Å². The number of hydrogen-bond acceptors (Lipinski definition) is 6. The third-order valence-electron chi connectivity index (χ3n) is 6.15. The summed E-state index contributed by atoms with van der Waals surface area (Å²) in [6, 6.07) is 17.0. The summed E-state index contributed by atoms with van der Waals surface area (Å²) in [6.45, 7) is 0. The minimum atomic E-state index is -1.29. The number of pyridine rings is 1. The molecular formula is C26H18ClF2N3O2S2. The first-order valence-electron chi connectivity index (χ1n) is 10.8. The molecule has 0 spiro atoms. The van der Waals surface area contributed by atoms with E-state index >= 15 is 0 Å². The van der Waals surface area contributed by atoms with Gasteiger partial charge in [0.15, 0.2) is 17.4 Å². The third-order valence-corrected chi connectivity index (χ3v) is 7.72. The summed E-state index contributed by atoms with van der Waals surface area (Å²) in [4.78, 5) is 31.9. The fraction of sp³-hybridized carbons (Fsp3) is 0.115. The molecule has 5 nitrogen and oxygen atoms in total. The lowest BCUT2D eigenvalue weighted by atomic mass is 9.75. The van der Waals surface area contributed by atoms with Gasteiger partial charge in [0, 0.05) is 23.2 Å². The molecule has 4 aromatic rings. The first-order valence-corrected chi connectivity index (χ1v) is 12.6. The van der Waals surface area contributed by atoms with Gasteiger partial charge in [-0.15, -0.1) is 0 Å². The summed E-state index contributed by atoms with van der Waals surface area (Å²) in [5.74, 6) is -3.56. The summed E-state index contributed by atoms with van der Waals surface area (Å²) in [7, 11) is 0. The number of nitrogens with zero attached hydrogens (tertiary/aromatic N) is 2. The standard InChI is InChI=1S/C26H18ClF2N3O2S2/c27-18-5-2-1-4-17(18)24-21(33)13-26(32(35)25(24)34,15-10-11-36-14-15)22-6-3-7-23(31-22)30-16-8-9-19(28)20(29)12-16/h1-12,14,24,35H,13H2,(H,30,31). The van der Waals surface area contributed by atoms with Gasteiger partial charge < -0.3 is 5.32 Å². The van der Waals surface area contributed by atoms with Gasteiger partial charge in [-0.25, -0.2) is 13.8 Å². The van der Waals surface area contributed by atoms with E-state index in [0.29, 0.717) is 33.3 Å². The maximum Gasteiger partial charge on any atom is 0.248 e. The van der Waals surface area contributed by atoms with Crippen molar-refractivity contribution in [3.05, 3.63) is 111 Å². The van der Waals surface area contributed by atoms with Crippen molar-refractivity contribution in [2.24, 2.45) is 0 Å². The Bertz CT molecular complexity index is 1470. The second-order valence-electron chi connectivity index (χ2n) is 8.28. The van der Waals surface area contributed by atoms with Crippen molar-refractivity contribution >= 4 is 58.9 Å². The molecule has 1 fully saturated rings. The lowest BCUT2D eigenvalue weighted by molar-refractivity contribution is -0.142. The molecule has 10 heteroatoms. The number of aromatic nitrogens is 1. The summed E-state index contributed by atoms with van der Waals surface area (Å²) >= 11 is 12.4. The fourth-order valence-corrected chi connectivity index (χ4v) is 5.79. The van der Waals surface area contributed by atoms with E-state index in [0.717, 1.165) is 12.1 Å². The molecule has 5 rings (SSSR count). The summed E-state index contributed by atoms with van der Waals surface area (Å²) in [6.07, 6.45) is -0.0868. The Balaban J connectivity index is 1.58. The van der Waals surface area contributed by atoms with Gasteiger partial charge in [0.25, 0.3) is 0 Å². The Morgan fingerprint density at radius 1 is 1.06 bits per heavy atom. The van der Waals surface area contributed by atoms with E-state index in [9.17, 15) is 18.4 Å². The van der Waals surface area contributed by atoms with Crippen molar-refractivity contribution in [3.8, 4) is 0 Å². The topological polar surface area (TPSA) is 62.3 Å². The van der Waals surface area contributed by atoms with Crippen LogP contribution in [0.15, 0.2) is 77.5 Å². The number of hydrogen-bond donors (Lipinski definition) is 2. The fourth-order valence-electron chi connectivity index (χ4n) is 4.42. The van der Waals surface area contributed by atoms with E-state index in [4.69, 9.17) is 11.6 Å². The lowest BCUT2D eigenvalue weighted by Gasteiger charge is -2.45. The zero-order valence-electron chi connectivity index (χ0n) is 18.5. The van der Waals surface area contributed by atoms with Crippen LogP contribution < -0.4 is 5.32 Å². The number of rotatable bonds is 5. The number of Topliss-reactive ketones (excluding diaryl/α,β-unsaturated/α-hetero) is 1. The Hall–Kier alpha value is -3.27. The number of nitrogens with one attached hydrogen (secondary N) is 1. The van der Waals surface area contributed by atoms with Crippen LogP contribution in [0.25, 0.3) is 0 Å². The molecule has 0 radical (unpaired) electrons. The molecule has 2 atom stereocenters. The van der Waals surface area contributed by atoms with Crippen LogP contribution >= 0.6 is 35.8 Å². The Morgan fingerprint density at radius 3 is 2.58 bits per heavy atom. The Morgan fingerprint density at radius 2 is 1.86 bits per heavy atom. The van der Waals surface area contributed by atoms with Gasteiger partial charge in [-0.1, -0.05) is 48.7 Å². The molecule has 1 aliphatic heterocycles. The molecular weight excluding hydrogens is 524 g/mol. The number of halogens is 3. The third kappa shape index (κ3) is 4.17. The molecule has 1 N–H and O–H groups in total. The number of benzene rings is 2. The number of ketones is 1. The van der Waals surface area contributed by atoms with Gasteiger partial charge >= 0.3 is 0 Å². The highest BCUT2D eigenvalue weighted by atomic mass is 35.5. The maximum absolute atomic E-state index is 13.7. The molecule has 0 bridgehead atoms. The number of amides is 1. The van der Waals surface area contributed by atoms with E-state index in [1.165, 1.54) is 21.7 Å². The maximum atomic E-state index is 13.7. The highest BCUT2D eigenvalue weighted by molar-refractivity contribution is 7.78. The van der Waals surface area contributed by atoms with Crippen molar-refractivity contribution in [1.82, 2.24) is 9.29 Å². The van der Waals surface area contributed by atoms with E-state index in [-0.39, 0.29) is 12.2 Å². The van der Waals surface area contributed by atoms with Crippen molar-refractivity contribution in [2.75, 3.05) is 5.32 Å². The minimum Gasteiger partial charge on any atom is -0.340 e. The van der Waals surface area contributed by atoms with E-state index in [1.807, 2.05) is 16.8 Å². The van der Waals surface area contributed by atoms with Gasteiger partial charge in [0.1, 0.15) is 17.3 Å². The SMILES string of the molecule is O=C1CC(c2ccsc2)(c2cccc(Nc3ccc(F)c(F)c3)n2)N(S)C(=O)C1c1ccccc1Cl. The Labute approximate surface area is 220 Å². The van der Waals surface area contributed by atoms with Gasteiger partial charge in [-0.3, -0.25) is 13.9 Å². The van der Waals surface area contributed by atoms with E-state index in [2.05, 4.69) is 23.1 Å². The summed E-state index contributed by atoms with van der Waals surface area (Å²) in [5, 5.41) is 6.96. The van der Waals surface area contributed by atoms with E-state index < -0.39 is 29.0 Å². The van der Waals surface area contributed by atoms with Crippen molar-refractivity contribution in [2.45, 2.75) is 17.9 Å². The van der Waals surface area contributed by atoms with Gasteiger partial charge in [-0.05, 0) is 58.3 Å². The normalized spacial score (nSPS) is 20.0. The number of anilines is 2. The number of carbonyl (C=O) groups is 2. The van der Waals surface area contributed by atoms with Gasteiger partial charge in [0.05, 0.1) is 5.69 Å². The molecule has 2 aromatic carbocycles. The van der Waals surface area contributed by atoms with Crippen LogP contribution in [-0.4, -0.2) is 21.0 Å². The van der Waals surface area contributed by atoms with Crippen LogP contribution in [0.1, 0.15) is 29.2 Å². The predicted octanol–water partition coefficient (Wildman–Crippen LogP) is 6.49. The monoisotopic (exact) mass is 541 g/mol. The van der Waals surface area contributed by atoms with Crippen LogP contribution in [0.4, 0.5) is 20.3 Å². The highest BCUT2D eigenvalue weighted by Crippen LogP contribution is 2.48. The minimum absolute atomic E-state index is 0.0868. The number of thiol groups is 1. The first kappa shape index (κ1) is 24.4. The van der Waals surface area contributed by atoms with Crippen LogP contribution in [0.5, 0.6) is 0 Å². The molecule has 2 aromatic heterocycles. The average molecular weight is 542 g/mol. The zero-order valence-corrected chi connectivity index (χ0v) is 21.0. The lowest BCUT2D eigenvalue weighted by Crippen LogP contribution is -2.54. The molecule has 1 saturated heterocycles. The molecule has 0 aliphatic carbocycles. The number of piperidine rings is 1. The summed E-state index contributed by atoms with van der Waals surface area (Å²) in [5.41, 5.74) is 0.497. The Kier molecular flexibility index (Phi) is 6.55. The second-order valence-corrected chi connectivity index (χ2v) is 9.87. The second kappa shape index (κ2) is 9.65. The molecule has 0 saturated carbocycles. The largest absolute Gasteiger partial charge is 0.340 e. The van der Waals surface area contributed by atoms with Crippen molar-refractivity contribution < 1.29 is 18.4 Å². The van der Waals surface area contributed by atoms with E-state index in [1.54, 1.807) is 42.5 Å². The van der Waals surface area contributed by atoms with Crippen LogP contribution in [-0.2, 0) is 15.1 Å².